The van der Waals surface area contributed by atoms with Gasteiger partial charge in [-0.05, 0) is 48.7 Å². The Labute approximate surface area is 153 Å². The van der Waals surface area contributed by atoms with Crippen LogP contribution in [0.15, 0.2) is 42.5 Å². The average Bonchev–Trinajstić information content (AvgIpc) is 2.62. The van der Waals surface area contributed by atoms with Crippen molar-refractivity contribution < 1.29 is 19.0 Å². The summed E-state index contributed by atoms with van der Waals surface area (Å²) in [7, 11) is 1.51. The number of ether oxygens (including phenoxy) is 2. The molecule has 2 aromatic carbocycles. The van der Waals surface area contributed by atoms with Crippen molar-refractivity contribution >= 4 is 12.4 Å². The van der Waals surface area contributed by atoms with Gasteiger partial charge in [0.25, 0.3) is 0 Å². The lowest BCUT2D eigenvalue weighted by molar-refractivity contribution is 0.196. The number of halogens is 2. The number of aromatic hydroxyl groups is 1. The predicted octanol–water partition coefficient (Wildman–Crippen LogP) is 3.73. The van der Waals surface area contributed by atoms with Crippen LogP contribution in [-0.2, 0) is 0 Å². The Bertz CT molecular complexity index is 681. The van der Waals surface area contributed by atoms with Crippen molar-refractivity contribution in [2.75, 3.05) is 26.8 Å². The van der Waals surface area contributed by atoms with Crippen LogP contribution < -0.4 is 14.8 Å². The number of hydrogen-bond acceptors (Lipinski definition) is 4. The minimum absolute atomic E-state index is 0. The van der Waals surface area contributed by atoms with Crippen LogP contribution in [0.4, 0.5) is 4.39 Å². The maximum atomic E-state index is 13.2. The van der Waals surface area contributed by atoms with Gasteiger partial charge < -0.3 is 19.9 Å². The van der Waals surface area contributed by atoms with E-state index in [1.54, 1.807) is 18.2 Å². The zero-order chi connectivity index (χ0) is 16.9. The molecule has 0 saturated carbocycles. The monoisotopic (exact) mass is 367 g/mol. The van der Waals surface area contributed by atoms with Crippen LogP contribution in [-0.4, -0.2) is 31.9 Å². The lowest BCUT2D eigenvalue weighted by Gasteiger charge is -2.32. The number of hydrogen-bond donors (Lipinski definition) is 2. The third-order valence-corrected chi connectivity index (χ3v) is 4.52. The fourth-order valence-corrected chi connectivity index (χ4v) is 3.20. The van der Waals surface area contributed by atoms with Gasteiger partial charge in [0.15, 0.2) is 11.5 Å². The molecule has 136 valence electrons. The van der Waals surface area contributed by atoms with Gasteiger partial charge in [-0.3, -0.25) is 0 Å². The molecule has 2 atom stereocenters. The molecule has 2 unspecified atom stereocenters. The summed E-state index contributed by atoms with van der Waals surface area (Å²) in [6, 6.07) is 11.7. The van der Waals surface area contributed by atoms with Gasteiger partial charge >= 0.3 is 0 Å². The van der Waals surface area contributed by atoms with E-state index in [-0.39, 0.29) is 24.0 Å². The van der Waals surface area contributed by atoms with Crippen LogP contribution >= 0.6 is 12.4 Å². The van der Waals surface area contributed by atoms with E-state index in [0.29, 0.717) is 29.9 Å². The van der Waals surface area contributed by atoms with E-state index >= 15 is 0 Å². The lowest BCUT2D eigenvalue weighted by Crippen LogP contribution is -2.38. The maximum Gasteiger partial charge on any atom is 0.164 e. The number of piperidine rings is 1. The molecule has 0 amide bonds. The van der Waals surface area contributed by atoms with Gasteiger partial charge in [0.1, 0.15) is 11.6 Å². The highest BCUT2D eigenvalue weighted by Gasteiger charge is 2.27. The molecule has 6 heteroatoms. The molecule has 3 rings (SSSR count). The molecule has 2 N–H and O–H groups in total. The predicted molar refractivity (Wildman–Crippen MR) is 97.5 cm³/mol. The molecule has 1 aliphatic rings. The van der Waals surface area contributed by atoms with Gasteiger partial charge in [-0.1, -0.05) is 12.1 Å². The van der Waals surface area contributed by atoms with Crippen LogP contribution in [0.3, 0.4) is 0 Å². The topological polar surface area (TPSA) is 50.7 Å². The second-order valence-electron chi connectivity index (χ2n) is 6.06. The van der Waals surface area contributed by atoms with E-state index in [9.17, 15) is 9.50 Å². The summed E-state index contributed by atoms with van der Waals surface area (Å²) in [4.78, 5) is 0. The largest absolute Gasteiger partial charge is 0.504 e. The summed E-state index contributed by atoms with van der Waals surface area (Å²) in [6.45, 7) is 2.35. The summed E-state index contributed by atoms with van der Waals surface area (Å²) in [5.41, 5.74) is 1.15. The summed E-state index contributed by atoms with van der Waals surface area (Å²) >= 11 is 0. The molecule has 0 radical (unpaired) electrons. The minimum atomic E-state index is -0.211. The van der Waals surface area contributed by atoms with Crippen molar-refractivity contribution in [2.45, 2.75) is 12.3 Å². The number of phenolic OH excluding ortho intramolecular Hbond substituents is 1. The third-order valence-electron chi connectivity index (χ3n) is 4.52. The van der Waals surface area contributed by atoms with Crippen molar-refractivity contribution in [3.8, 4) is 17.2 Å². The van der Waals surface area contributed by atoms with E-state index in [1.165, 1.54) is 19.2 Å². The number of benzene rings is 2. The molecule has 0 aliphatic carbocycles. The highest BCUT2D eigenvalue weighted by atomic mass is 35.5. The molecular formula is C19H23ClFNO3. The highest BCUT2D eigenvalue weighted by Crippen LogP contribution is 2.33. The molecular weight excluding hydrogens is 345 g/mol. The van der Waals surface area contributed by atoms with Crippen molar-refractivity contribution in [2.24, 2.45) is 5.92 Å². The highest BCUT2D eigenvalue weighted by molar-refractivity contribution is 5.85. The molecule has 4 nitrogen and oxygen atoms in total. The average molecular weight is 368 g/mol. The first-order valence-electron chi connectivity index (χ1n) is 8.13. The zero-order valence-electron chi connectivity index (χ0n) is 14.1. The first-order valence-corrected chi connectivity index (χ1v) is 8.13. The smallest absolute Gasteiger partial charge is 0.164 e. The van der Waals surface area contributed by atoms with Crippen molar-refractivity contribution in [3.63, 3.8) is 0 Å². The first kappa shape index (κ1) is 19.3. The molecule has 0 bridgehead atoms. The second-order valence-corrected chi connectivity index (χ2v) is 6.06. The Balaban J connectivity index is 0.00000225. The van der Waals surface area contributed by atoms with Crippen LogP contribution in [0, 0.1) is 11.7 Å². The Kier molecular flexibility index (Phi) is 6.91. The van der Waals surface area contributed by atoms with E-state index in [1.807, 2.05) is 12.1 Å². The van der Waals surface area contributed by atoms with Crippen LogP contribution in [0.2, 0.25) is 0 Å². The van der Waals surface area contributed by atoms with Crippen molar-refractivity contribution in [1.29, 1.82) is 0 Å². The second kappa shape index (κ2) is 8.92. The van der Waals surface area contributed by atoms with Crippen molar-refractivity contribution in [1.82, 2.24) is 5.32 Å². The number of methoxy groups -OCH3 is 1. The Morgan fingerprint density at radius 1 is 1.20 bits per heavy atom. The van der Waals surface area contributed by atoms with Crippen LogP contribution in [0.25, 0.3) is 0 Å². The molecule has 1 saturated heterocycles. The van der Waals surface area contributed by atoms with Gasteiger partial charge in [-0.2, -0.15) is 0 Å². The minimum Gasteiger partial charge on any atom is -0.504 e. The Morgan fingerprint density at radius 2 is 1.96 bits per heavy atom. The summed E-state index contributed by atoms with van der Waals surface area (Å²) in [6.07, 6.45) is 0.999. The number of phenols is 1. The SMILES string of the molecule is COc1cc(OCC2CNCCC2c2ccc(F)cc2)ccc1O.Cl. The van der Waals surface area contributed by atoms with Crippen LogP contribution in [0.1, 0.15) is 17.9 Å². The van der Waals surface area contributed by atoms with Gasteiger partial charge in [0.2, 0.25) is 0 Å². The fourth-order valence-electron chi connectivity index (χ4n) is 3.20. The Hall–Kier alpha value is -1.98. The third kappa shape index (κ3) is 4.77. The molecule has 0 aromatic heterocycles. The molecule has 1 heterocycles. The van der Waals surface area contributed by atoms with Gasteiger partial charge in [0.05, 0.1) is 13.7 Å². The van der Waals surface area contributed by atoms with Gasteiger partial charge in [-0.15, -0.1) is 12.4 Å². The first-order chi connectivity index (χ1) is 11.7. The van der Waals surface area contributed by atoms with Gasteiger partial charge in [-0.25, -0.2) is 4.39 Å². The summed E-state index contributed by atoms with van der Waals surface area (Å²) in [5.74, 6) is 1.57. The lowest BCUT2D eigenvalue weighted by atomic mass is 9.81. The molecule has 0 spiro atoms. The van der Waals surface area contributed by atoms with E-state index in [0.717, 1.165) is 25.1 Å². The van der Waals surface area contributed by atoms with E-state index in [4.69, 9.17) is 9.47 Å². The van der Waals surface area contributed by atoms with E-state index < -0.39 is 0 Å². The summed E-state index contributed by atoms with van der Waals surface area (Å²) < 4.78 is 24.2. The normalized spacial score (nSPS) is 19.8. The number of rotatable bonds is 5. The molecule has 25 heavy (non-hydrogen) atoms. The summed E-state index contributed by atoms with van der Waals surface area (Å²) in [5, 5.41) is 13.0. The molecule has 2 aromatic rings. The Morgan fingerprint density at radius 3 is 2.68 bits per heavy atom. The molecule has 1 fully saturated rings. The molecule has 1 aliphatic heterocycles. The zero-order valence-corrected chi connectivity index (χ0v) is 14.9. The van der Waals surface area contributed by atoms with Crippen LogP contribution in [0.5, 0.6) is 17.2 Å². The quantitative estimate of drug-likeness (QED) is 0.845. The van der Waals surface area contributed by atoms with Crippen molar-refractivity contribution in [3.05, 3.63) is 53.8 Å². The van der Waals surface area contributed by atoms with E-state index in [2.05, 4.69) is 5.32 Å². The fraction of sp³-hybridized carbons (Fsp3) is 0.368. The number of nitrogens with one attached hydrogen (secondary N) is 1. The maximum absolute atomic E-state index is 13.2. The van der Waals surface area contributed by atoms with Gasteiger partial charge in [0, 0.05) is 18.5 Å². The standard InChI is InChI=1S/C19H22FNO3.ClH/c1-23-19-10-16(6-7-18(19)22)24-12-14-11-21-9-8-17(14)13-2-4-15(20)5-3-13;/h2-7,10,14,17,21-22H,8-9,11-12H2,1H3;1H.